The number of amides is 2. The minimum Gasteiger partial charge on any atom is -0.361 e. The summed E-state index contributed by atoms with van der Waals surface area (Å²) in [6.07, 6.45) is 4.26. The van der Waals surface area contributed by atoms with Crippen LogP contribution in [0.1, 0.15) is 23.2 Å². The summed E-state index contributed by atoms with van der Waals surface area (Å²) >= 11 is 0. The van der Waals surface area contributed by atoms with Crippen LogP contribution < -0.4 is 4.90 Å². The molecule has 0 saturated carbocycles. The third kappa shape index (κ3) is 4.86. The van der Waals surface area contributed by atoms with Crippen LogP contribution in [0.15, 0.2) is 60.8 Å². The van der Waals surface area contributed by atoms with Crippen molar-refractivity contribution in [3.8, 4) is 0 Å². The molecule has 2 aliphatic heterocycles. The summed E-state index contributed by atoms with van der Waals surface area (Å²) in [6.45, 7) is 5.58. The Labute approximate surface area is 200 Å². The molecule has 3 heterocycles. The maximum Gasteiger partial charge on any atom is 0.258 e. The monoisotopic (exact) mass is 459 g/mol. The van der Waals surface area contributed by atoms with Gasteiger partial charge in [-0.05, 0) is 68.7 Å². The molecule has 0 radical (unpaired) electrons. The molecule has 3 aromatic rings. The molecule has 7 heteroatoms. The molecule has 0 aliphatic carbocycles. The molecule has 5 rings (SSSR count). The van der Waals surface area contributed by atoms with Crippen molar-refractivity contribution in [1.29, 1.82) is 0 Å². The Morgan fingerprint density at radius 3 is 2.41 bits per heavy atom. The van der Waals surface area contributed by atoms with Gasteiger partial charge in [0.25, 0.3) is 5.91 Å². The van der Waals surface area contributed by atoms with Gasteiger partial charge < -0.3 is 14.8 Å². The van der Waals surface area contributed by atoms with Crippen LogP contribution in [0.4, 0.5) is 5.69 Å². The fourth-order valence-corrected chi connectivity index (χ4v) is 5.16. The van der Waals surface area contributed by atoms with Gasteiger partial charge in [0.1, 0.15) is 6.54 Å². The van der Waals surface area contributed by atoms with Gasteiger partial charge in [-0.15, -0.1) is 0 Å². The number of anilines is 1. The Morgan fingerprint density at radius 2 is 1.68 bits per heavy atom. The van der Waals surface area contributed by atoms with Crippen LogP contribution in [0.25, 0.3) is 10.9 Å². The lowest BCUT2D eigenvalue weighted by Crippen LogP contribution is -2.55. The fourth-order valence-electron chi connectivity index (χ4n) is 5.16. The lowest BCUT2D eigenvalue weighted by molar-refractivity contribution is -0.131. The lowest BCUT2D eigenvalue weighted by Gasteiger charge is -2.42. The van der Waals surface area contributed by atoms with Gasteiger partial charge in [-0.1, -0.05) is 24.3 Å². The van der Waals surface area contributed by atoms with Gasteiger partial charge in [-0.25, -0.2) is 0 Å². The number of hydrogen-bond donors (Lipinski definition) is 1. The number of piperazine rings is 1. The first-order chi connectivity index (χ1) is 16.6. The number of carbonyl (C=O) groups excluding carboxylic acids is 2. The van der Waals surface area contributed by atoms with Gasteiger partial charge in [0.2, 0.25) is 5.91 Å². The first-order valence-electron chi connectivity index (χ1n) is 12.2. The number of aromatic nitrogens is 1. The summed E-state index contributed by atoms with van der Waals surface area (Å²) in [5, 5.41) is 1.06. The molecule has 0 atom stereocenters. The number of fused-ring (bicyclic) bond motifs is 1. The summed E-state index contributed by atoms with van der Waals surface area (Å²) in [7, 11) is 2.18. The van der Waals surface area contributed by atoms with E-state index in [-0.39, 0.29) is 18.4 Å². The maximum absolute atomic E-state index is 13.5. The highest BCUT2D eigenvalue weighted by atomic mass is 16.2. The smallest absolute Gasteiger partial charge is 0.258 e. The first-order valence-corrected chi connectivity index (χ1v) is 12.2. The zero-order chi connectivity index (χ0) is 23.5. The molecule has 2 saturated heterocycles. The van der Waals surface area contributed by atoms with Crippen LogP contribution in [-0.2, 0) is 4.79 Å². The van der Waals surface area contributed by atoms with E-state index in [1.54, 1.807) is 4.90 Å². The van der Waals surface area contributed by atoms with Crippen LogP contribution in [0.3, 0.4) is 0 Å². The molecule has 2 aliphatic rings. The van der Waals surface area contributed by atoms with Gasteiger partial charge in [0, 0.05) is 55.2 Å². The van der Waals surface area contributed by atoms with Crippen molar-refractivity contribution in [2.45, 2.75) is 18.9 Å². The van der Waals surface area contributed by atoms with Gasteiger partial charge in [-0.2, -0.15) is 0 Å². The van der Waals surface area contributed by atoms with Crippen LogP contribution in [0.2, 0.25) is 0 Å². The summed E-state index contributed by atoms with van der Waals surface area (Å²) in [4.78, 5) is 38.5. The summed E-state index contributed by atoms with van der Waals surface area (Å²) in [6, 6.07) is 17.7. The van der Waals surface area contributed by atoms with Crippen molar-refractivity contribution in [3.63, 3.8) is 0 Å². The fraction of sp³-hybridized carbons (Fsp3) is 0.407. The minimum atomic E-state index is -0.166. The first kappa shape index (κ1) is 22.6. The normalized spacial score (nSPS) is 18.3. The number of hydrogen-bond acceptors (Lipinski definition) is 4. The molecule has 34 heavy (non-hydrogen) atoms. The van der Waals surface area contributed by atoms with Gasteiger partial charge >= 0.3 is 0 Å². The minimum absolute atomic E-state index is 0.00109. The van der Waals surface area contributed by atoms with Crippen molar-refractivity contribution in [1.82, 2.24) is 19.7 Å². The Morgan fingerprint density at radius 1 is 0.941 bits per heavy atom. The molecule has 1 N–H and O–H groups in total. The highest BCUT2D eigenvalue weighted by molar-refractivity contribution is 6.10. The van der Waals surface area contributed by atoms with Gasteiger partial charge in [0.05, 0.1) is 0 Å². The number of nitrogens with one attached hydrogen (secondary N) is 1. The molecule has 2 amide bonds. The van der Waals surface area contributed by atoms with Gasteiger partial charge in [0.15, 0.2) is 0 Å². The van der Waals surface area contributed by atoms with Crippen molar-refractivity contribution in [2.75, 3.05) is 57.8 Å². The number of carbonyl (C=O) groups is 2. The average molecular weight is 460 g/mol. The van der Waals surface area contributed by atoms with E-state index in [9.17, 15) is 9.59 Å². The number of H-pyrrole nitrogens is 1. The molecular weight excluding hydrogens is 426 g/mol. The third-order valence-corrected chi connectivity index (χ3v) is 7.28. The number of benzene rings is 2. The summed E-state index contributed by atoms with van der Waals surface area (Å²) < 4.78 is 0. The molecule has 178 valence electrons. The van der Waals surface area contributed by atoms with E-state index in [0.717, 1.165) is 55.9 Å². The highest BCUT2D eigenvalue weighted by Crippen LogP contribution is 2.21. The SMILES string of the molecule is CN1CCC(N2CCN(C(=O)CN(C(=O)c3ccc4cc[nH]c4c3)c3ccccc3)CC2)CC1. The number of piperidine rings is 1. The quantitative estimate of drug-likeness (QED) is 0.637. The molecular formula is C27H33N5O2. The molecule has 7 nitrogen and oxygen atoms in total. The molecule has 2 aromatic carbocycles. The van der Waals surface area contributed by atoms with E-state index in [2.05, 4.69) is 21.8 Å². The zero-order valence-corrected chi connectivity index (χ0v) is 19.8. The molecule has 1 aromatic heterocycles. The second-order valence-corrected chi connectivity index (χ2v) is 9.46. The van der Waals surface area contributed by atoms with Crippen LogP contribution in [0, 0.1) is 0 Å². The Balaban J connectivity index is 1.27. The number of likely N-dealkylation sites (tertiary alicyclic amines) is 1. The molecule has 0 bridgehead atoms. The van der Waals surface area contributed by atoms with Crippen molar-refractivity contribution >= 4 is 28.4 Å². The van der Waals surface area contributed by atoms with E-state index in [4.69, 9.17) is 0 Å². The predicted octanol–water partition coefficient (Wildman–Crippen LogP) is 3.05. The highest BCUT2D eigenvalue weighted by Gasteiger charge is 2.30. The lowest BCUT2D eigenvalue weighted by atomic mass is 10.0. The predicted molar refractivity (Wildman–Crippen MR) is 135 cm³/mol. The summed E-state index contributed by atoms with van der Waals surface area (Å²) in [5.41, 5.74) is 2.21. The number of nitrogens with zero attached hydrogens (tertiary/aromatic N) is 4. The third-order valence-electron chi connectivity index (χ3n) is 7.28. The zero-order valence-electron chi connectivity index (χ0n) is 19.8. The van der Waals surface area contributed by atoms with E-state index >= 15 is 0 Å². The second kappa shape index (κ2) is 9.99. The Bertz CT molecular complexity index is 1130. The van der Waals surface area contributed by atoms with Crippen LogP contribution in [0.5, 0.6) is 0 Å². The summed E-state index contributed by atoms with van der Waals surface area (Å²) in [5.74, 6) is -0.165. The van der Waals surface area contributed by atoms with Crippen molar-refractivity contribution in [2.24, 2.45) is 0 Å². The Kier molecular flexibility index (Phi) is 6.65. The van der Waals surface area contributed by atoms with Gasteiger partial charge in [-0.3, -0.25) is 19.4 Å². The number of aromatic amines is 1. The van der Waals surface area contributed by atoms with E-state index in [1.165, 1.54) is 12.8 Å². The number of rotatable bonds is 5. The average Bonchev–Trinajstić information content (AvgIpc) is 3.36. The van der Waals surface area contributed by atoms with Crippen molar-refractivity contribution in [3.05, 3.63) is 66.4 Å². The number of para-hydroxylation sites is 1. The van der Waals surface area contributed by atoms with E-state index in [0.29, 0.717) is 11.6 Å². The van der Waals surface area contributed by atoms with Crippen LogP contribution >= 0.6 is 0 Å². The second-order valence-electron chi connectivity index (χ2n) is 9.46. The molecule has 0 unspecified atom stereocenters. The van der Waals surface area contributed by atoms with E-state index < -0.39 is 0 Å². The molecule has 2 fully saturated rings. The molecule has 0 spiro atoms. The van der Waals surface area contributed by atoms with Crippen molar-refractivity contribution < 1.29 is 9.59 Å². The maximum atomic E-state index is 13.5. The Hall–Kier alpha value is -3.16. The topological polar surface area (TPSA) is 62.9 Å². The standard InChI is InChI=1S/C27H33N5O2/c1-29-13-10-23(11-14-29)30-15-17-31(18-16-30)26(33)20-32(24-5-3-2-4-6-24)27(34)22-8-7-21-9-12-28-25(21)19-22/h2-9,12,19,23,28H,10-11,13-18,20H2,1H3. The van der Waals surface area contributed by atoms with E-state index in [1.807, 2.05) is 65.7 Å². The largest absolute Gasteiger partial charge is 0.361 e. The van der Waals surface area contributed by atoms with Crippen LogP contribution in [-0.4, -0.2) is 90.4 Å².